The minimum Gasteiger partial charge on any atom is -0.454 e. The van der Waals surface area contributed by atoms with Crippen molar-refractivity contribution in [1.82, 2.24) is 35.0 Å². The molecule has 2 aliphatic heterocycles. The topological polar surface area (TPSA) is 101 Å². The van der Waals surface area contributed by atoms with E-state index in [1.807, 2.05) is 22.9 Å². The molecule has 1 saturated heterocycles. The zero-order chi connectivity index (χ0) is 25.5. The number of tetrazole rings is 1. The van der Waals surface area contributed by atoms with Crippen LogP contribution in [0, 0.1) is 0 Å². The summed E-state index contributed by atoms with van der Waals surface area (Å²) >= 11 is 0. The molecule has 1 aliphatic carbocycles. The molecule has 0 amide bonds. The average molecular weight is 514 g/mol. The predicted molar refractivity (Wildman–Crippen MR) is 141 cm³/mol. The van der Waals surface area contributed by atoms with Gasteiger partial charge in [-0.2, -0.15) is 0 Å². The molecule has 2 aromatic heterocycles. The largest absolute Gasteiger partial charge is 0.454 e. The molecule has 1 atom stereocenters. The number of hydrogen-bond donors (Lipinski definition) is 1. The standard InChI is InChI=1S/C28H31N7O3/c36-28-22(14-20-15-24-25(38-18-37-24)16-23(20)29-28)26(27-30-31-32-35(27)21-8-4-5-9-21)34-12-10-33(11-13-34)17-19-6-2-1-3-7-19/h1-3,6-7,14-16,21,26H,4-5,8-13,17-18H2,(H,29,36)/t26-/m1/s1. The highest BCUT2D eigenvalue weighted by Gasteiger charge is 2.35. The molecular formula is C28H31N7O3. The number of nitrogens with zero attached hydrogens (tertiary/aromatic N) is 6. The molecule has 0 unspecified atom stereocenters. The summed E-state index contributed by atoms with van der Waals surface area (Å²) in [5.74, 6) is 2.09. The van der Waals surface area contributed by atoms with Gasteiger partial charge in [0.15, 0.2) is 17.3 Å². The van der Waals surface area contributed by atoms with Crippen LogP contribution in [0.15, 0.2) is 53.3 Å². The van der Waals surface area contributed by atoms with Crippen molar-refractivity contribution in [3.05, 3.63) is 75.8 Å². The monoisotopic (exact) mass is 513 g/mol. The molecule has 2 aromatic carbocycles. The third-order valence-corrected chi connectivity index (χ3v) is 8.12. The first-order valence-corrected chi connectivity index (χ1v) is 13.5. The Morgan fingerprint density at radius 1 is 0.974 bits per heavy atom. The lowest BCUT2D eigenvalue weighted by Gasteiger charge is -2.39. The van der Waals surface area contributed by atoms with Crippen LogP contribution in [0.5, 0.6) is 11.5 Å². The maximum absolute atomic E-state index is 13.6. The van der Waals surface area contributed by atoms with Crippen molar-refractivity contribution in [2.75, 3.05) is 33.0 Å². The third-order valence-electron chi connectivity index (χ3n) is 8.12. The van der Waals surface area contributed by atoms with Crippen LogP contribution in [-0.2, 0) is 6.54 Å². The molecule has 2 fully saturated rings. The van der Waals surface area contributed by atoms with Gasteiger partial charge in [-0.3, -0.25) is 14.6 Å². The second kappa shape index (κ2) is 9.85. The van der Waals surface area contributed by atoms with Gasteiger partial charge in [0.25, 0.3) is 5.56 Å². The molecule has 0 spiro atoms. The van der Waals surface area contributed by atoms with Gasteiger partial charge < -0.3 is 14.5 Å². The zero-order valence-corrected chi connectivity index (χ0v) is 21.3. The van der Waals surface area contributed by atoms with Crippen molar-refractivity contribution in [2.45, 2.75) is 44.3 Å². The van der Waals surface area contributed by atoms with E-state index in [1.54, 1.807) is 0 Å². The molecule has 7 rings (SSSR count). The molecule has 10 heteroatoms. The van der Waals surface area contributed by atoms with Gasteiger partial charge in [0, 0.05) is 49.7 Å². The van der Waals surface area contributed by atoms with Gasteiger partial charge in [0.2, 0.25) is 6.79 Å². The van der Waals surface area contributed by atoms with Gasteiger partial charge in [0.1, 0.15) is 6.04 Å². The first-order valence-electron chi connectivity index (χ1n) is 13.5. The summed E-state index contributed by atoms with van der Waals surface area (Å²) in [5, 5.41) is 13.9. The first kappa shape index (κ1) is 23.4. The third kappa shape index (κ3) is 4.33. The molecule has 4 aromatic rings. The molecular weight excluding hydrogens is 482 g/mol. The highest BCUT2D eigenvalue weighted by Crippen LogP contribution is 2.37. The summed E-state index contributed by atoms with van der Waals surface area (Å²) in [6.07, 6.45) is 4.48. The molecule has 4 heterocycles. The van der Waals surface area contributed by atoms with Crippen LogP contribution in [0.4, 0.5) is 0 Å². The summed E-state index contributed by atoms with van der Waals surface area (Å²) in [5.41, 5.74) is 2.56. The van der Waals surface area contributed by atoms with Gasteiger partial charge in [-0.1, -0.05) is 43.2 Å². The molecule has 10 nitrogen and oxygen atoms in total. The van der Waals surface area contributed by atoms with Crippen LogP contribution in [0.2, 0.25) is 0 Å². The van der Waals surface area contributed by atoms with Crippen molar-refractivity contribution < 1.29 is 9.47 Å². The number of rotatable bonds is 6. The minimum atomic E-state index is -0.344. The summed E-state index contributed by atoms with van der Waals surface area (Å²) in [6, 6.07) is 16.2. The molecule has 196 valence electrons. The Morgan fingerprint density at radius 2 is 1.74 bits per heavy atom. The zero-order valence-electron chi connectivity index (χ0n) is 21.3. The van der Waals surface area contributed by atoms with E-state index >= 15 is 0 Å². The van der Waals surface area contributed by atoms with E-state index in [9.17, 15) is 4.79 Å². The van der Waals surface area contributed by atoms with Gasteiger partial charge in [-0.05, 0) is 41.0 Å². The Balaban J connectivity index is 1.25. The van der Waals surface area contributed by atoms with Crippen LogP contribution >= 0.6 is 0 Å². The maximum atomic E-state index is 13.6. The van der Waals surface area contributed by atoms with E-state index in [0.29, 0.717) is 17.1 Å². The normalized spacial score (nSPS) is 19.4. The van der Waals surface area contributed by atoms with E-state index in [0.717, 1.165) is 62.3 Å². The fourth-order valence-electron chi connectivity index (χ4n) is 6.13. The summed E-state index contributed by atoms with van der Waals surface area (Å²) < 4.78 is 13.1. The summed E-state index contributed by atoms with van der Waals surface area (Å²) in [6.45, 7) is 4.54. The number of aromatic amines is 1. The second-order valence-electron chi connectivity index (χ2n) is 10.5. The number of hydrogen-bond acceptors (Lipinski definition) is 8. The lowest BCUT2D eigenvalue weighted by Crippen LogP contribution is -2.48. The van der Waals surface area contributed by atoms with Crippen LogP contribution in [-0.4, -0.2) is 68.0 Å². The SMILES string of the molecule is O=c1[nH]c2cc3c(cc2cc1[C@H](c1nnnn1C1CCCC1)N1CCN(Cc2ccccc2)CC1)OCO3. The molecule has 1 N–H and O–H groups in total. The lowest BCUT2D eigenvalue weighted by molar-refractivity contribution is 0.0989. The van der Waals surface area contributed by atoms with E-state index < -0.39 is 0 Å². The molecule has 3 aliphatic rings. The smallest absolute Gasteiger partial charge is 0.253 e. The highest BCUT2D eigenvalue weighted by atomic mass is 16.7. The van der Waals surface area contributed by atoms with Crippen molar-refractivity contribution >= 4 is 10.9 Å². The summed E-state index contributed by atoms with van der Waals surface area (Å²) in [7, 11) is 0. The van der Waals surface area contributed by atoms with Crippen molar-refractivity contribution in [1.29, 1.82) is 0 Å². The first-order chi connectivity index (χ1) is 18.7. The van der Waals surface area contributed by atoms with Crippen LogP contribution < -0.4 is 15.0 Å². The number of pyridine rings is 1. The van der Waals surface area contributed by atoms with E-state index in [-0.39, 0.29) is 24.4 Å². The Labute approximate surface area is 220 Å². The Hall–Kier alpha value is -3.76. The predicted octanol–water partition coefficient (Wildman–Crippen LogP) is 3.27. The Bertz CT molecular complexity index is 1490. The van der Waals surface area contributed by atoms with Gasteiger partial charge in [-0.15, -0.1) is 5.10 Å². The fourth-order valence-corrected chi connectivity index (χ4v) is 6.13. The second-order valence-corrected chi connectivity index (χ2v) is 10.5. The minimum absolute atomic E-state index is 0.131. The number of H-pyrrole nitrogens is 1. The van der Waals surface area contributed by atoms with E-state index in [1.165, 1.54) is 18.4 Å². The molecule has 1 saturated carbocycles. The van der Waals surface area contributed by atoms with Crippen LogP contribution in [0.3, 0.4) is 0 Å². The number of nitrogens with one attached hydrogen (secondary N) is 1. The number of benzene rings is 2. The van der Waals surface area contributed by atoms with Crippen LogP contribution in [0.1, 0.15) is 54.7 Å². The lowest BCUT2D eigenvalue weighted by atomic mass is 10.0. The quantitative estimate of drug-likeness (QED) is 0.419. The van der Waals surface area contributed by atoms with Gasteiger partial charge in [0.05, 0.1) is 11.6 Å². The number of ether oxygens (including phenoxy) is 2. The molecule has 0 radical (unpaired) electrons. The molecule has 0 bridgehead atoms. The number of aromatic nitrogens is 5. The van der Waals surface area contributed by atoms with Gasteiger partial charge in [-0.25, -0.2) is 4.68 Å². The van der Waals surface area contributed by atoms with Gasteiger partial charge >= 0.3 is 0 Å². The van der Waals surface area contributed by atoms with Crippen LogP contribution in [0.25, 0.3) is 10.9 Å². The Morgan fingerprint density at radius 3 is 2.53 bits per heavy atom. The average Bonchev–Trinajstić information content (AvgIpc) is 3.72. The van der Waals surface area contributed by atoms with E-state index in [4.69, 9.17) is 9.47 Å². The highest BCUT2D eigenvalue weighted by molar-refractivity contribution is 5.83. The maximum Gasteiger partial charge on any atom is 0.253 e. The van der Waals surface area contributed by atoms with Crippen molar-refractivity contribution in [2.24, 2.45) is 0 Å². The number of fused-ring (bicyclic) bond motifs is 2. The number of piperazine rings is 1. The Kier molecular flexibility index (Phi) is 6.05. The van der Waals surface area contributed by atoms with E-state index in [2.05, 4.69) is 60.6 Å². The van der Waals surface area contributed by atoms with Crippen molar-refractivity contribution in [3.63, 3.8) is 0 Å². The summed E-state index contributed by atoms with van der Waals surface area (Å²) in [4.78, 5) is 21.5. The molecule has 38 heavy (non-hydrogen) atoms. The fraction of sp³-hybridized carbons (Fsp3) is 0.429. The van der Waals surface area contributed by atoms with Crippen molar-refractivity contribution in [3.8, 4) is 11.5 Å².